The first-order valence-electron chi connectivity index (χ1n) is 5.63. The van der Waals surface area contributed by atoms with Crippen molar-refractivity contribution in [3.05, 3.63) is 53.9 Å². The number of para-hydroxylation sites is 1. The van der Waals surface area contributed by atoms with Gasteiger partial charge in [0.25, 0.3) is 0 Å². The first-order valence-corrected chi connectivity index (χ1v) is 5.63. The Kier molecular flexibility index (Phi) is 3.21. The van der Waals surface area contributed by atoms with E-state index in [-0.39, 0.29) is 0 Å². The Balaban J connectivity index is 2.58. The number of benzene rings is 1. The molecule has 18 heavy (non-hydrogen) atoms. The van der Waals surface area contributed by atoms with Gasteiger partial charge in [-0.25, -0.2) is 0 Å². The summed E-state index contributed by atoms with van der Waals surface area (Å²) < 4.78 is 5.27. The Labute approximate surface area is 106 Å². The maximum absolute atomic E-state index is 10.7. The van der Waals surface area contributed by atoms with E-state index in [1.165, 1.54) is 0 Å². The van der Waals surface area contributed by atoms with Crippen molar-refractivity contribution in [1.82, 2.24) is 4.98 Å². The number of ether oxygens (including phenoxy) is 1. The molecule has 0 aliphatic carbocycles. The molecule has 0 aliphatic rings. The summed E-state index contributed by atoms with van der Waals surface area (Å²) in [5, 5.41) is 10.7. The number of hydrogen-bond acceptors (Lipinski definition) is 4. The van der Waals surface area contributed by atoms with Gasteiger partial charge in [-0.15, -0.1) is 0 Å². The van der Waals surface area contributed by atoms with Crippen molar-refractivity contribution in [1.29, 1.82) is 0 Å². The lowest BCUT2D eigenvalue weighted by molar-refractivity contribution is 0.0994. The number of nitrogens with zero attached hydrogens (tertiary/aromatic N) is 1. The van der Waals surface area contributed by atoms with Gasteiger partial charge in [0.15, 0.2) is 0 Å². The molecule has 0 spiro atoms. The number of nitrogens with two attached hydrogens (primary N) is 1. The first-order chi connectivity index (χ1) is 8.57. The molecule has 0 aliphatic heterocycles. The van der Waals surface area contributed by atoms with Gasteiger partial charge in [0.05, 0.1) is 7.11 Å². The molecule has 4 heteroatoms. The molecule has 0 bridgehead atoms. The minimum atomic E-state index is -1.25. The van der Waals surface area contributed by atoms with E-state index in [2.05, 4.69) is 4.98 Å². The van der Waals surface area contributed by atoms with Crippen molar-refractivity contribution < 1.29 is 9.84 Å². The molecule has 0 amide bonds. The monoisotopic (exact) mass is 244 g/mol. The summed E-state index contributed by atoms with van der Waals surface area (Å²) in [6, 6.07) is 8.98. The van der Waals surface area contributed by atoms with E-state index in [9.17, 15) is 5.11 Å². The summed E-state index contributed by atoms with van der Waals surface area (Å²) in [5.74, 6) is 0.616. The van der Waals surface area contributed by atoms with E-state index < -0.39 is 5.60 Å². The van der Waals surface area contributed by atoms with Crippen molar-refractivity contribution in [2.24, 2.45) is 0 Å². The molecular formula is C14H16N2O2. The second-order valence-corrected chi connectivity index (χ2v) is 4.24. The summed E-state index contributed by atoms with van der Waals surface area (Å²) in [6.45, 7) is 1.68. The number of anilines is 1. The number of rotatable bonds is 3. The Morgan fingerprint density at radius 2 is 1.94 bits per heavy atom. The molecule has 1 aromatic heterocycles. The summed E-state index contributed by atoms with van der Waals surface area (Å²) in [4.78, 5) is 4.01. The fourth-order valence-corrected chi connectivity index (χ4v) is 2.00. The maximum atomic E-state index is 10.7. The number of hydrogen-bond donors (Lipinski definition) is 2. The Morgan fingerprint density at radius 1 is 1.22 bits per heavy atom. The van der Waals surface area contributed by atoms with Crippen LogP contribution < -0.4 is 10.5 Å². The highest BCUT2D eigenvalue weighted by Crippen LogP contribution is 2.37. The van der Waals surface area contributed by atoms with Gasteiger partial charge in [0.1, 0.15) is 11.4 Å². The van der Waals surface area contributed by atoms with Gasteiger partial charge in [-0.05, 0) is 19.1 Å². The fraction of sp³-hybridized carbons (Fsp3) is 0.214. The third-order valence-corrected chi connectivity index (χ3v) is 3.01. The third kappa shape index (κ3) is 2.02. The van der Waals surface area contributed by atoms with Gasteiger partial charge < -0.3 is 15.6 Å². The lowest BCUT2D eigenvalue weighted by atomic mass is 9.87. The lowest BCUT2D eigenvalue weighted by Gasteiger charge is -2.27. The topological polar surface area (TPSA) is 68.4 Å². The molecule has 2 aromatic rings. The summed E-state index contributed by atoms with van der Waals surface area (Å²) in [5.41, 5.74) is 6.37. The summed E-state index contributed by atoms with van der Waals surface area (Å²) in [7, 11) is 1.57. The smallest absolute Gasteiger partial charge is 0.125 e. The molecular weight excluding hydrogens is 228 g/mol. The molecule has 1 unspecified atom stereocenters. The van der Waals surface area contributed by atoms with Gasteiger partial charge in [-0.3, -0.25) is 4.98 Å². The number of nitrogen functional groups attached to an aromatic ring is 1. The largest absolute Gasteiger partial charge is 0.496 e. The highest BCUT2D eigenvalue weighted by atomic mass is 16.5. The average molecular weight is 244 g/mol. The minimum Gasteiger partial charge on any atom is -0.496 e. The van der Waals surface area contributed by atoms with Crippen molar-refractivity contribution in [2.45, 2.75) is 12.5 Å². The SMILES string of the molecule is COc1ccccc1C(C)(O)c1cnccc1N. The molecule has 94 valence electrons. The maximum Gasteiger partial charge on any atom is 0.125 e. The lowest BCUT2D eigenvalue weighted by Crippen LogP contribution is -2.25. The zero-order valence-corrected chi connectivity index (χ0v) is 10.4. The van der Waals surface area contributed by atoms with Crippen molar-refractivity contribution in [2.75, 3.05) is 12.8 Å². The molecule has 4 nitrogen and oxygen atoms in total. The van der Waals surface area contributed by atoms with Gasteiger partial charge in [0.2, 0.25) is 0 Å². The van der Waals surface area contributed by atoms with E-state index in [0.29, 0.717) is 22.6 Å². The van der Waals surface area contributed by atoms with Gasteiger partial charge in [-0.2, -0.15) is 0 Å². The van der Waals surface area contributed by atoms with Gasteiger partial charge in [0, 0.05) is 29.2 Å². The van der Waals surface area contributed by atoms with Crippen LogP contribution in [0, 0.1) is 0 Å². The summed E-state index contributed by atoms with van der Waals surface area (Å²) in [6.07, 6.45) is 3.17. The standard InChI is InChI=1S/C14H16N2O2/c1-14(17,11-9-16-8-7-12(11)15)10-5-3-4-6-13(10)18-2/h3-9,17H,1-2H3,(H2,15,16). The van der Waals surface area contributed by atoms with Crippen LogP contribution in [0.3, 0.4) is 0 Å². The average Bonchev–Trinajstić information content (AvgIpc) is 2.39. The van der Waals surface area contributed by atoms with E-state index in [1.807, 2.05) is 18.2 Å². The zero-order valence-electron chi connectivity index (χ0n) is 10.4. The van der Waals surface area contributed by atoms with E-state index >= 15 is 0 Å². The van der Waals surface area contributed by atoms with Crippen LogP contribution in [0.5, 0.6) is 5.75 Å². The zero-order chi connectivity index (χ0) is 13.2. The van der Waals surface area contributed by atoms with Crippen molar-refractivity contribution in [3.8, 4) is 5.75 Å². The second kappa shape index (κ2) is 4.66. The third-order valence-electron chi connectivity index (χ3n) is 3.01. The fourth-order valence-electron chi connectivity index (χ4n) is 2.00. The van der Waals surface area contributed by atoms with Crippen LogP contribution >= 0.6 is 0 Å². The van der Waals surface area contributed by atoms with E-state index in [1.54, 1.807) is 38.6 Å². The molecule has 0 saturated carbocycles. The second-order valence-electron chi connectivity index (χ2n) is 4.24. The van der Waals surface area contributed by atoms with Crippen LogP contribution in [0.25, 0.3) is 0 Å². The Bertz CT molecular complexity index is 553. The van der Waals surface area contributed by atoms with E-state index in [4.69, 9.17) is 10.5 Å². The molecule has 0 saturated heterocycles. The normalized spacial score (nSPS) is 13.9. The Morgan fingerprint density at radius 3 is 2.61 bits per heavy atom. The van der Waals surface area contributed by atoms with Crippen molar-refractivity contribution >= 4 is 5.69 Å². The quantitative estimate of drug-likeness (QED) is 0.865. The van der Waals surface area contributed by atoms with Crippen LogP contribution in [-0.2, 0) is 5.60 Å². The van der Waals surface area contributed by atoms with E-state index in [0.717, 1.165) is 0 Å². The highest BCUT2D eigenvalue weighted by molar-refractivity contribution is 5.54. The number of aliphatic hydroxyl groups is 1. The predicted octanol–water partition coefficient (Wildman–Crippen LogP) is 1.93. The van der Waals surface area contributed by atoms with Crippen molar-refractivity contribution in [3.63, 3.8) is 0 Å². The number of pyridine rings is 1. The Hall–Kier alpha value is -2.07. The van der Waals surface area contributed by atoms with Gasteiger partial charge >= 0.3 is 0 Å². The number of methoxy groups -OCH3 is 1. The van der Waals surface area contributed by atoms with Gasteiger partial charge in [-0.1, -0.05) is 18.2 Å². The molecule has 3 N–H and O–H groups in total. The molecule has 1 aromatic carbocycles. The predicted molar refractivity (Wildman–Crippen MR) is 70.3 cm³/mol. The molecule has 1 atom stereocenters. The molecule has 1 heterocycles. The van der Waals surface area contributed by atoms with Crippen LogP contribution in [-0.4, -0.2) is 17.2 Å². The van der Waals surface area contributed by atoms with Crippen LogP contribution in [0.4, 0.5) is 5.69 Å². The molecule has 0 radical (unpaired) electrons. The summed E-state index contributed by atoms with van der Waals surface area (Å²) >= 11 is 0. The van der Waals surface area contributed by atoms with Crippen LogP contribution in [0.2, 0.25) is 0 Å². The first kappa shape index (κ1) is 12.4. The number of aromatic nitrogens is 1. The van der Waals surface area contributed by atoms with Crippen LogP contribution in [0.15, 0.2) is 42.7 Å². The molecule has 0 fully saturated rings. The highest BCUT2D eigenvalue weighted by Gasteiger charge is 2.30. The molecule has 2 rings (SSSR count). The minimum absolute atomic E-state index is 0.501. The van der Waals surface area contributed by atoms with Crippen LogP contribution in [0.1, 0.15) is 18.1 Å².